The number of sulfone groups is 1. The van der Waals surface area contributed by atoms with Gasteiger partial charge in [-0.2, -0.15) is 5.10 Å². The Kier molecular flexibility index (Phi) is 3.42. The average molecular weight is 285 g/mol. The molecule has 1 aliphatic rings. The van der Waals surface area contributed by atoms with Crippen LogP contribution in [-0.2, 0) is 21.1 Å². The molecule has 1 amide bonds. The van der Waals surface area contributed by atoms with Crippen molar-refractivity contribution in [2.45, 2.75) is 43.9 Å². The van der Waals surface area contributed by atoms with E-state index in [-0.39, 0.29) is 6.04 Å². The summed E-state index contributed by atoms with van der Waals surface area (Å²) < 4.78 is 21.9. The molecule has 0 bridgehead atoms. The normalized spacial score (nSPS) is 19.8. The van der Waals surface area contributed by atoms with E-state index in [0.717, 1.165) is 36.8 Å². The van der Waals surface area contributed by atoms with Gasteiger partial charge in [0.05, 0.1) is 17.9 Å². The van der Waals surface area contributed by atoms with E-state index in [4.69, 9.17) is 0 Å². The molecule has 0 aliphatic heterocycles. The third-order valence-electron chi connectivity index (χ3n) is 3.82. The molecule has 1 heterocycles. The Balaban J connectivity index is 2.18. The predicted molar refractivity (Wildman–Crippen MR) is 71.3 cm³/mol. The third kappa shape index (κ3) is 2.51. The fraction of sp³-hybridized carbons (Fsp3) is 0.667. The van der Waals surface area contributed by atoms with Crippen LogP contribution in [0, 0.1) is 0 Å². The summed E-state index contributed by atoms with van der Waals surface area (Å²) in [5.74, 6) is -0.470. The lowest BCUT2D eigenvalue weighted by Gasteiger charge is -2.28. The molecule has 2 N–H and O–H groups in total. The molecule has 1 atom stereocenters. The Bertz CT molecular complexity index is 589. The minimum absolute atomic E-state index is 0.181. The predicted octanol–water partition coefficient (Wildman–Crippen LogP) is 0.727. The fourth-order valence-corrected chi connectivity index (χ4v) is 2.50. The van der Waals surface area contributed by atoms with E-state index in [1.807, 2.05) is 0 Å². The zero-order valence-electron chi connectivity index (χ0n) is 11.4. The highest BCUT2D eigenvalue weighted by molar-refractivity contribution is 7.92. The molecule has 1 aromatic heterocycles. The van der Waals surface area contributed by atoms with Crippen LogP contribution in [0.1, 0.15) is 44.0 Å². The van der Waals surface area contributed by atoms with Crippen LogP contribution in [0.25, 0.3) is 0 Å². The molecule has 0 spiro atoms. The fourth-order valence-electron chi connectivity index (χ4n) is 2.11. The second kappa shape index (κ2) is 4.63. The van der Waals surface area contributed by atoms with E-state index in [2.05, 4.69) is 15.5 Å². The quantitative estimate of drug-likeness (QED) is 0.856. The number of carbonyl (C=O) groups excluding carboxylic acids is 1. The highest BCUT2D eigenvalue weighted by atomic mass is 32.2. The van der Waals surface area contributed by atoms with Crippen molar-refractivity contribution in [3.63, 3.8) is 0 Å². The Morgan fingerprint density at radius 2 is 2.21 bits per heavy atom. The Labute approximate surface area is 112 Å². The zero-order chi connectivity index (χ0) is 14.3. The summed E-state index contributed by atoms with van der Waals surface area (Å²) in [4.78, 5) is 12.2. The van der Waals surface area contributed by atoms with E-state index in [1.54, 1.807) is 6.20 Å². The largest absolute Gasteiger partial charge is 0.346 e. The van der Waals surface area contributed by atoms with Crippen molar-refractivity contribution in [2.24, 2.45) is 0 Å². The highest BCUT2D eigenvalue weighted by Gasteiger charge is 2.40. The molecule has 7 heteroatoms. The third-order valence-corrected chi connectivity index (χ3v) is 5.86. The van der Waals surface area contributed by atoms with Crippen molar-refractivity contribution in [3.05, 3.63) is 17.5 Å². The van der Waals surface area contributed by atoms with Crippen LogP contribution < -0.4 is 5.32 Å². The Hall–Kier alpha value is -1.37. The lowest BCUT2D eigenvalue weighted by Crippen LogP contribution is -2.49. The number of carbonyl (C=O) groups is 1. The number of nitrogens with zero attached hydrogens (tertiary/aromatic N) is 1. The maximum Gasteiger partial charge on any atom is 0.241 e. The first-order valence-corrected chi connectivity index (χ1v) is 8.15. The first-order chi connectivity index (χ1) is 8.73. The summed E-state index contributed by atoms with van der Waals surface area (Å²) in [6, 6.07) is -0.181. The van der Waals surface area contributed by atoms with Crippen LogP contribution in [0.4, 0.5) is 0 Å². The second-order valence-electron chi connectivity index (χ2n) is 5.51. The monoisotopic (exact) mass is 285 g/mol. The molecule has 2 rings (SSSR count). The maximum atomic E-state index is 12.2. The highest BCUT2D eigenvalue weighted by Crippen LogP contribution is 2.28. The van der Waals surface area contributed by atoms with Crippen molar-refractivity contribution < 1.29 is 13.2 Å². The molecule has 0 saturated heterocycles. The number of hydrogen-bond acceptors (Lipinski definition) is 4. The van der Waals surface area contributed by atoms with Gasteiger partial charge >= 0.3 is 0 Å². The topological polar surface area (TPSA) is 91.9 Å². The van der Waals surface area contributed by atoms with Crippen LogP contribution in [0.3, 0.4) is 0 Å². The summed E-state index contributed by atoms with van der Waals surface area (Å²) in [6.45, 7) is 2.85. The molecule has 0 radical (unpaired) electrons. The molecule has 6 nitrogen and oxygen atoms in total. The van der Waals surface area contributed by atoms with Crippen molar-refractivity contribution in [3.8, 4) is 0 Å². The Morgan fingerprint density at radius 3 is 2.84 bits per heavy atom. The number of aromatic nitrogens is 2. The number of H-pyrrole nitrogens is 1. The van der Waals surface area contributed by atoms with E-state index in [9.17, 15) is 13.2 Å². The van der Waals surface area contributed by atoms with Gasteiger partial charge in [0.15, 0.2) is 9.84 Å². The van der Waals surface area contributed by atoms with Gasteiger partial charge in [0, 0.05) is 6.26 Å². The molecular weight excluding hydrogens is 266 g/mol. The summed E-state index contributed by atoms with van der Waals surface area (Å²) in [5, 5.41) is 9.69. The molecular formula is C12H19N3O3S. The van der Waals surface area contributed by atoms with Gasteiger partial charge in [-0.3, -0.25) is 9.89 Å². The standard InChI is InChI=1S/C12H19N3O3S/c1-12(2,19(3,17)18)11(16)14-9-6-4-5-8-7-13-15-10(8)9/h7,9H,4-6H2,1-3H3,(H,13,15)(H,14,16). The molecule has 0 saturated carbocycles. The van der Waals surface area contributed by atoms with Gasteiger partial charge in [0.1, 0.15) is 4.75 Å². The van der Waals surface area contributed by atoms with Gasteiger partial charge < -0.3 is 5.32 Å². The van der Waals surface area contributed by atoms with E-state index >= 15 is 0 Å². The van der Waals surface area contributed by atoms with Gasteiger partial charge in [-0.25, -0.2) is 8.42 Å². The lowest BCUT2D eigenvalue weighted by atomic mass is 9.93. The van der Waals surface area contributed by atoms with E-state index < -0.39 is 20.5 Å². The van der Waals surface area contributed by atoms with Gasteiger partial charge in [-0.05, 0) is 38.7 Å². The number of fused-ring (bicyclic) bond motifs is 1. The van der Waals surface area contributed by atoms with Crippen molar-refractivity contribution in [1.82, 2.24) is 15.5 Å². The molecule has 0 fully saturated rings. The Morgan fingerprint density at radius 1 is 1.53 bits per heavy atom. The van der Waals surface area contributed by atoms with E-state index in [1.165, 1.54) is 13.8 Å². The van der Waals surface area contributed by atoms with Gasteiger partial charge in [-0.1, -0.05) is 0 Å². The van der Waals surface area contributed by atoms with Gasteiger partial charge in [0.2, 0.25) is 5.91 Å². The summed E-state index contributed by atoms with van der Waals surface area (Å²) in [7, 11) is -3.45. The first kappa shape index (κ1) is 14.0. The van der Waals surface area contributed by atoms with Crippen LogP contribution in [-0.4, -0.2) is 35.5 Å². The zero-order valence-corrected chi connectivity index (χ0v) is 12.2. The van der Waals surface area contributed by atoms with Crippen molar-refractivity contribution >= 4 is 15.7 Å². The molecule has 1 unspecified atom stereocenters. The number of hydrogen-bond donors (Lipinski definition) is 2. The van der Waals surface area contributed by atoms with Crippen LogP contribution in [0.5, 0.6) is 0 Å². The summed E-state index contributed by atoms with van der Waals surface area (Å²) in [5.41, 5.74) is 1.98. The van der Waals surface area contributed by atoms with Crippen LogP contribution >= 0.6 is 0 Å². The van der Waals surface area contributed by atoms with Crippen molar-refractivity contribution in [1.29, 1.82) is 0 Å². The summed E-state index contributed by atoms with van der Waals surface area (Å²) >= 11 is 0. The van der Waals surface area contributed by atoms with Crippen LogP contribution in [0.2, 0.25) is 0 Å². The molecule has 106 valence electrons. The maximum absolute atomic E-state index is 12.2. The average Bonchev–Trinajstić information content (AvgIpc) is 2.76. The number of rotatable bonds is 3. The SMILES string of the molecule is CC(C)(C(=O)NC1CCCc2cn[nH]c21)S(C)(=O)=O. The second-order valence-corrected chi connectivity index (χ2v) is 8.07. The van der Waals surface area contributed by atoms with Gasteiger partial charge in [0.25, 0.3) is 0 Å². The first-order valence-electron chi connectivity index (χ1n) is 6.26. The van der Waals surface area contributed by atoms with Crippen molar-refractivity contribution in [2.75, 3.05) is 6.26 Å². The van der Waals surface area contributed by atoms with Crippen LogP contribution in [0.15, 0.2) is 6.20 Å². The minimum atomic E-state index is -3.45. The molecule has 1 aliphatic carbocycles. The lowest BCUT2D eigenvalue weighted by molar-refractivity contribution is -0.123. The number of amides is 1. The minimum Gasteiger partial charge on any atom is -0.346 e. The number of aryl methyl sites for hydroxylation is 1. The number of nitrogens with one attached hydrogen (secondary N) is 2. The number of aromatic amines is 1. The molecule has 19 heavy (non-hydrogen) atoms. The molecule has 0 aromatic carbocycles. The van der Waals surface area contributed by atoms with Gasteiger partial charge in [-0.15, -0.1) is 0 Å². The summed E-state index contributed by atoms with van der Waals surface area (Å²) in [6.07, 6.45) is 5.52. The smallest absolute Gasteiger partial charge is 0.241 e. The molecule has 1 aromatic rings. The van der Waals surface area contributed by atoms with E-state index in [0.29, 0.717) is 0 Å².